The molecule has 1 aromatic carbocycles. The predicted molar refractivity (Wildman–Crippen MR) is 76.9 cm³/mol. The third kappa shape index (κ3) is 2.86. The van der Waals surface area contributed by atoms with E-state index in [0.717, 1.165) is 23.6 Å². The first-order valence-electron chi connectivity index (χ1n) is 6.41. The molecule has 0 aliphatic heterocycles. The molecule has 102 valence electrons. The lowest BCUT2D eigenvalue weighted by Crippen LogP contribution is -2.04. The third-order valence-corrected chi connectivity index (χ3v) is 2.90. The highest BCUT2D eigenvalue weighted by Crippen LogP contribution is 2.27. The van der Waals surface area contributed by atoms with Gasteiger partial charge in [-0.05, 0) is 31.2 Å². The van der Waals surface area contributed by atoms with Gasteiger partial charge in [0.2, 0.25) is 5.88 Å². The van der Waals surface area contributed by atoms with Gasteiger partial charge in [-0.2, -0.15) is 10.2 Å². The summed E-state index contributed by atoms with van der Waals surface area (Å²) in [6, 6.07) is 9.01. The highest BCUT2D eigenvalue weighted by molar-refractivity contribution is 5.49. The molecular weight excluding hydrogens is 252 g/mol. The van der Waals surface area contributed by atoms with E-state index < -0.39 is 0 Å². The topological polar surface area (TPSA) is 70.8 Å². The van der Waals surface area contributed by atoms with Crippen LogP contribution in [0.15, 0.2) is 24.3 Å². The van der Waals surface area contributed by atoms with Gasteiger partial charge in [0, 0.05) is 13.5 Å². The first kappa shape index (κ1) is 13.8. The second-order valence-corrected chi connectivity index (χ2v) is 4.26. The van der Waals surface area contributed by atoms with Gasteiger partial charge in [-0.15, -0.1) is 0 Å². The highest BCUT2D eigenvalue weighted by Gasteiger charge is 2.11. The minimum absolute atomic E-state index is 0.533. The summed E-state index contributed by atoms with van der Waals surface area (Å²) in [5.41, 5.74) is 1.45. The number of hydrogen-bond acceptors (Lipinski definition) is 5. The maximum absolute atomic E-state index is 8.78. The summed E-state index contributed by atoms with van der Waals surface area (Å²) >= 11 is 0. The van der Waals surface area contributed by atoms with E-state index >= 15 is 0 Å². The molecule has 0 saturated heterocycles. The quantitative estimate of drug-likeness (QED) is 0.922. The number of nitriles is 1. The van der Waals surface area contributed by atoms with E-state index in [1.807, 2.05) is 20.9 Å². The summed E-state index contributed by atoms with van der Waals surface area (Å²) in [6.07, 6.45) is 0.735. The molecule has 0 aliphatic carbocycles. The fraction of sp³-hybridized carbons (Fsp3) is 0.267. The first-order valence-corrected chi connectivity index (χ1v) is 6.41. The van der Waals surface area contributed by atoms with E-state index in [1.165, 1.54) is 0 Å². The van der Waals surface area contributed by atoms with Crippen molar-refractivity contribution in [1.29, 1.82) is 5.26 Å². The zero-order valence-corrected chi connectivity index (χ0v) is 11.8. The van der Waals surface area contributed by atoms with Gasteiger partial charge < -0.3 is 10.1 Å². The lowest BCUT2D eigenvalue weighted by atomic mass is 10.2. The Bertz CT molecular complexity index is 644. The minimum atomic E-state index is 0.533. The average Bonchev–Trinajstić information content (AvgIpc) is 2.50. The number of hydrogen-bond donors (Lipinski definition) is 1. The van der Waals surface area contributed by atoms with Crippen LogP contribution in [0.4, 0.5) is 5.82 Å². The summed E-state index contributed by atoms with van der Waals surface area (Å²) in [7, 11) is 1.82. The van der Waals surface area contributed by atoms with E-state index in [9.17, 15) is 0 Å². The van der Waals surface area contributed by atoms with Crippen molar-refractivity contribution in [2.24, 2.45) is 0 Å². The normalized spacial score (nSPS) is 9.90. The van der Waals surface area contributed by atoms with E-state index in [4.69, 9.17) is 10.00 Å². The number of ether oxygens (including phenoxy) is 1. The monoisotopic (exact) mass is 268 g/mol. The second kappa shape index (κ2) is 6.02. The van der Waals surface area contributed by atoms with Gasteiger partial charge in [0.15, 0.2) is 0 Å². The molecular formula is C15H16N4O. The molecule has 1 N–H and O–H groups in total. The molecule has 0 aliphatic rings. The third-order valence-electron chi connectivity index (χ3n) is 2.90. The standard InChI is InChI=1S/C15H16N4O/c1-4-13-18-14(17-3)10(2)15(19-13)20-12-7-5-11(9-16)6-8-12/h5-8H,4H2,1-3H3,(H,17,18,19). The van der Waals surface area contributed by atoms with Gasteiger partial charge in [0.1, 0.15) is 17.4 Å². The number of rotatable bonds is 4. The van der Waals surface area contributed by atoms with Crippen molar-refractivity contribution in [3.05, 3.63) is 41.2 Å². The van der Waals surface area contributed by atoms with Crippen LogP contribution in [-0.4, -0.2) is 17.0 Å². The molecule has 5 nitrogen and oxygen atoms in total. The maximum Gasteiger partial charge on any atom is 0.227 e. The largest absolute Gasteiger partial charge is 0.439 e. The van der Waals surface area contributed by atoms with Crippen LogP contribution in [-0.2, 0) is 6.42 Å². The van der Waals surface area contributed by atoms with Crippen molar-refractivity contribution in [3.63, 3.8) is 0 Å². The number of aryl methyl sites for hydroxylation is 1. The molecule has 2 aromatic rings. The first-order chi connectivity index (χ1) is 9.67. The fourth-order valence-corrected chi connectivity index (χ4v) is 1.75. The summed E-state index contributed by atoms with van der Waals surface area (Å²) < 4.78 is 5.79. The summed E-state index contributed by atoms with van der Waals surface area (Å²) in [5.74, 6) is 2.67. The smallest absolute Gasteiger partial charge is 0.227 e. The van der Waals surface area contributed by atoms with E-state index in [2.05, 4.69) is 21.4 Å². The van der Waals surface area contributed by atoms with Gasteiger partial charge in [-0.25, -0.2) is 4.98 Å². The molecule has 0 atom stereocenters. The molecule has 5 heteroatoms. The van der Waals surface area contributed by atoms with Crippen LogP contribution in [0.5, 0.6) is 11.6 Å². The Balaban J connectivity index is 2.34. The van der Waals surface area contributed by atoms with Crippen molar-refractivity contribution in [2.45, 2.75) is 20.3 Å². The molecule has 0 unspecified atom stereocenters. The lowest BCUT2D eigenvalue weighted by molar-refractivity contribution is 0.455. The maximum atomic E-state index is 8.78. The number of anilines is 1. The van der Waals surface area contributed by atoms with Crippen LogP contribution in [0.1, 0.15) is 23.9 Å². The van der Waals surface area contributed by atoms with Crippen LogP contribution in [0.25, 0.3) is 0 Å². The van der Waals surface area contributed by atoms with Gasteiger partial charge in [0.05, 0.1) is 17.2 Å². The second-order valence-electron chi connectivity index (χ2n) is 4.26. The van der Waals surface area contributed by atoms with Gasteiger partial charge >= 0.3 is 0 Å². The van der Waals surface area contributed by atoms with Gasteiger partial charge in [-0.1, -0.05) is 6.92 Å². The average molecular weight is 268 g/mol. The number of benzene rings is 1. The Labute approximate surface area is 118 Å². The zero-order chi connectivity index (χ0) is 14.5. The van der Waals surface area contributed by atoms with Crippen molar-refractivity contribution >= 4 is 5.82 Å². The fourth-order valence-electron chi connectivity index (χ4n) is 1.75. The van der Waals surface area contributed by atoms with Crippen molar-refractivity contribution in [2.75, 3.05) is 12.4 Å². The molecule has 1 heterocycles. The SMILES string of the molecule is CCc1nc(NC)c(C)c(Oc2ccc(C#N)cc2)n1. The molecule has 1 aromatic heterocycles. The zero-order valence-electron chi connectivity index (χ0n) is 11.8. The van der Waals surface area contributed by atoms with E-state index in [1.54, 1.807) is 24.3 Å². The van der Waals surface area contributed by atoms with Gasteiger partial charge in [0.25, 0.3) is 0 Å². The number of nitrogens with zero attached hydrogens (tertiary/aromatic N) is 3. The number of nitrogens with one attached hydrogen (secondary N) is 1. The van der Waals surface area contributed by atoms with E-state index in [-0.39, 0.29) is 0 Å². The Kier molecular flexibility index (Phi) is 4.16. The Morgan fingerprint density at radius 2 is 1.95 bits per heavy atom. The van der Waals surface area contributed by atoms with Crippen LogP contribution in [0, 0.1) is 18.3 Å². The van der Waals surface area contributed by atoms with Crippen molar-refractivity contribution < 1.29 is 4.74 Å². The molecule has 0 radical (unpaired) electrons. The molecule has 0 saturated carbocycles. The molecule has 2 rings (SSSR count). The predicted octanol–water partition coefficient (Wildman–Crippen LogP) is 3.05. The molecule has 20 heavy (non-hydrogen) atoms. The van der Waals surface area contributed by atoms with E-state index in [0.29, 0.717) is 17.2 Å². The highest BCUT2D eigenvalue weighted by atomic mass is 16.5. The van der Waals surface area contributed by atoms with Crippen LogP contribution in [0.2, 0.25) is 0 Å². The Hall–Kier alpha value is -2.61. The van der Waals surface area contributed by atoms with Crippen LogP contribution >= 0.6 is 0 Å². The van der Waals surface area contributed by atoms with Crippen molar-refractivity contribution in [1.82, 2.24) is 9.97 Å². The molecule has 0 amide bonds. The van der Waals surface area contributed by atoms with Gasteiger partial charge in [-0.3, -0.25) is 0 Å². The summed E-state index contributed by atoms with van der Waals surface area (Å²) in [4.78, 5) is 8.79. The van der Waals surface area contributed by atoms with Crippen LogP contribution < -0.4 is 10.1 Å². The summed E-state index contributed by atoms with van der Waals surface area (Å²) in [6.45, 7) is 3.90. The Morgan fingerprint density at radius 1 is 1.25 bits per heavy atom. The Morgan fingerprint density at radius 3 is 2.50 bits per heavy atom. The molecule has 0 spiro atoms. The van der Waals surface area contributed by atoms with Crippen molar-refractivity contribution in [3.8, 4) is 17.7 Å². The lowest BCUT2D eigenvalue weighted by Gasteiger charge is -2.12. The minimum Gasteiger partial charge on any atom is -0.439 e. The number of aromatic nitrogens is 2. The summed E-state index contributed by atoms with van der Waals surface area (Å²) in [5, 5.41) is 11.8. The van der Waals surface area contributed by atoms with Crippen LogP contribution in [0.3, 0.4) is 0 Å². The molecule has 0 fully saturated rings. The molecule has 0 bridgehead atoms.